The van der Waals surface area contributed by atoms with Crippen molar-refractivity contribution < 1.29 is 9.90 Å². The number of aliphatic hydroxyl groups is 1. The smallest absolute Gasteiger partial charge is 0.255 e. The van der Waals surface area contributed by atoms with Crippen molar-refractivity contribution in [2.24, 2.45) is 0 Å². The second kappa shape index (κ2) is 5.83. The van der Waals surface area contributed by atoms with E-state index in [4.69, 9.17) is 0 Å². The average molecular weight is 276 g/mol. The highest BCUT2D eigenvalue weighted by Crippen LogP contribution is 2.30. The van der Waals surface area contributed by atoms with Gasteiger partial charge in [-0.05, 0) is 31.9 Å². The van der Waals surface area contributed by atoms with Crippen molar-refractivity contribution in [2.75, 3.05) is 26.0 Å². The van der Waals surface area contributed by atoms with Crippen molar-refractivity contribution >= 4 is 11.6 Å². The lowest BCUT2D eigenvalue weighted by atomic mass is 10.0. The first-order valence-electron chi connectivity index (χ1n) is 7.21. The molecule has 0 saturated heterocycles. The van der Waals surface area contributed by atoms with Gasteiger partial charge in [0.05, 0.1) is 11.2 Å². The van der Waals surface area contributed by atoms with Crippen molar-refractivity contribution in [3.05, 3.63) is 29.3 Å². The maximum atomic E-state index is 12.6. The van der Waals surface area contributed by atoms with E-state index in [2.05, 4.69) is 5.32 Å². The normalized spacial score (nSPS) is 17.0. The number of rotatable bonds is 4. The van der Waals surface area contributed by atoms with Crippen LogP contribution in [0.3, 0.4) is 0 Å². The summed E-state index contributed by atoms with van der Waals surface area (Å²) in [5, 5.41) is 13.5. The lowest BCUT2D eigenvalue weighted by Gasteiger charge is -2.29. The standard InChI is InChI=1S/C16H24N2O2/c1-12-6-7-14(17-2)13(10-12)15(19)18(3)11-16(20)8-4-5-9-16/h6-7,10,17,20H,4-5,8-9,11H2,1-3H3. The number of hydrogen-bond donors (Lipinski definition) is 2. The Morgan fingerprint density at radius 1 is 1.40 bits per heavy atom. The Balaban J connectivity index is 2.16. The molecular weight excluding hydrogens is 252 g/mol. The predicted molar refractivity (Wildman–Crippen MR) is 81.1 cm³/mol. The van der Waals surface area contributed by atoms with Gasteiger partial charge >= 0.3 is 0 Å². The van der Waals surface area contributed by atoms with Crippen LogP contribution in [-0.2, 0) is 0 Å². The summed E-state index contributed by atoms with van der Waals surface area (Å²) < 4.78 is 0. The van der Waals surface area contributed by atoms with Crippen LogP contribution in [0.4, 0.5) is 5.69 Å². The number of hydrogen-bond acceptors (Lipinski definition) is 3. The summed E-state index contributed by atoms with van der Waals surface area (Å²) in [5.41, 5.74) is 1.84. The molecule has 1 aliphatic rings. The van der Waals surface area contributed by atoms with Crippen LogP contribution in [0, 0.1) is 6.92 Å². The van der Waals surface area contributed by atoms with Crippen LogP contribution in [-0.4, -0.2) is 42.2 Å². The molecule has 20 heavy (non-hydrogen) atoms. The fraction of sp³-hybridized carbons (Fsp3) is 0.562. The highest BCUT2D eigenvalue weighted by Gasteiger charge is 2.33. The fourth-order valence-electron chi connectivity index (χ4n) is 2.96. The Kier molecular flexibility index (Phi) is 4.33. The van der Waals surface area contributed by atoms with Gasteiger partial charge in [0.2, 0.25) is 0 Å². The molecule has 4 nitrogen and oxygen atoms in total. The van der Waals surface area contributed by atoms with Crippen LogP contribution in [0.1, 0.15) is 41.6 Å². The van der Waals surface area contributed by atoms with Crippen molar-refractivity contribution in [2.45, 2.75) is 38.2 Å². The topological polar surface area (TPSA) is 52.6 Å². The van der Waals surface area contributed by atoms with E-state index in [1.807, 2.05) is 32.2 Å². The Hall–Kier alpha value is -1.55. The molecule has 0 heterocycles. The van der Waals surface area contributed by atoms with Gasteiger partial charge in [-0.1, -0.05) is 24.5 Å². The van der Waals surface area contributed by atoms with Gasteiger partial charge in [-0.3, -0.25) is 4.79 Å². The number of likely N-dealkylation sites (N-methyl/N-ethyl adjacent to an activating group) is 1. The SMILES string of the molecule is CNc1ccc(C)cc1C(=O)N(C)CC1(O)CCCC1. The lowest BCUT2D eigenvalue weighted by Crippen LogP contribution is -2.42. The molecule has 1 fully saturated rings. The highest BCUT2D eigenvalue weighted by atomic mass is 16.3. The van der Waals surface area contributed by atoms with Gasteiger partial charge in [0, 0.05) is 26.3 Å². The van der Waals surface area contributed by atoms with E-state index in [0.29, 0.717) is 12.1 Å². The summed E-state index contributed by atoms with van der Waals surface area (Å²) in [6.07, 6.45) is 3.67. The molecule has 1 amide bonds. The van der Waals surface area contributed by atoms with Crippen LogP contribution in [0.2, 0.25) is 0 Å². The molecule has 4 heteroatoms. The van der Waals surface area contributed by atoms with Crippen molar-refractivity contribution in [3.63, 3.8) is 0 Å². The van der Waals surface area contributed by atoms with Gasteiger partial charge in [0.25, 0.3) is 5.91 Å². The number of carbonyl (C=O) groups excluding carboxylic acids is 1. The van der Waals surface area contributed by atoms with E-state index in [-0.39, 0.29) is 5.91 Å². The molecule has 1 aromatic rings. The number of aryl methyl sites for hydroxylation is 1. The molecule has 2 rings (SSSR count). The van der Waals surface area contributed by atoms with Crippen molar-refractivity contribution in [1.82, 2.24) is 4.90 Å². The molecule has 0 radical (unpaired) electrons. The maximum absolute atomic E-state index is 12.6. The third kappa shape index (κ3) is 3.12. The zero-order chi connectivity index (χ0) is 14.8. The van der Waals surface area contributed by atoms with Crippen LogP contribution in [0.5, 0.6) is 0 Å². The molecular formula is C16H24N2O2. The summed E-state index contributed by atoms with van der Waals surface area (Å²) in [6, 6.07) is 5.79. The average Bonchev–Trinajstić information content (AvgIpc) is 2.84. The monoisotopic (exact) mass is 276 g/mol. The van der Waals surface area contributed by atoms with E-state index < -0.39 is 5.60 Å². The van der Waals surface area contributed by atoms with Crippen LogP contribution in [0.15, 0.2) is 18.2 Å². The number of nitrogens with one attached hydrogen (secondary N) is 1. The molecule has 1 saturated carbocycles. The lowest BCUT2D eigenvalue weighted by molar-refractivity contribution is 0.0157. The minimum atomic E-state index is -0.700. The fourth-order valence-corrected chi connectivity index (χ4v) is 2.96. The molecule has 110 valence electrons. The van der Waals surface area contributed by atoms with Gasteiger partial charge in [-0.25, -0.2) is 0 Å². The molecule has 1 aromatic carbocycles. The first-order chi connectivity index (χ1) is 9.45. The number of carbonyl (C=O) groups is 1. The van der Waals surface area contributed by atoms with Crippen molar-refractivity contribution in [1.29, 1.82) is 0 Å². The van der Waals surface area contributed by atoms with Crippen LogP contribution >= 0.6 is 0 Å². The molecule has 0 unspecified atom stereocenters. The van der Waals surface area contributed by atoms with Gasteiger partial charge in [-0.2, -0.15) is 0 Å². The first-order valence-corrected chi connectivity index (χ1v) is 7.21. The van der Waals surface area contributed by atoms with Crippen LogP contribution in [0.25, 0.3) is 0 Å². The largest absolute Gasteiger partial charge is 0.388 e. The minimum Gasteiger partial charge on any atom is -0.388 e. The highest BCUT2D eigenvalue weighted by molar-refractivity contribution is 5.99. The first kappa shape index (κ1) is 14.9. The van der Waals surface area contributed by atoms with Crippen LogP contribution < -0.4 is 5.32 Å². The quantitative estimate of drug-likeness (QED) is 0.888. The summed E-state index contributed by atoms with van der Waals surface area (Å²) in [4.78, 5) is 14.2. The second-order valence-corrected chi connectivity index (χ2v) is 5.89. The van der Waals surface area contributed by atoms with E-state index in [1.54, 1.807) is 11.9 Å². The molecule has 0 atom stereocenters. The Morgan fingerprint density at radius 3 is 2.65 bits per heavy atom. The van der Waals surface area contributed by atoms with Gasteiger partial charge < -0.3 is 15.3 Å². The van der Waals surface area contributed by atoms with Gasteiger partial charge in [0.1, 0.15) is 0 Å². The van der Waals surface area contributed by atoms with E-state index in [9.17, 15) is 9.90 Å². The summed E-state index contributed by atoms with van der Waals surface area (Å²) >= 11 is 0. The molecule has 1 aliphatic carbocycles. The molecule has 0 aliphatic heterocycles. The molecule has 0 spiro atoms. The van der Waals surface area contributed by atoms with E-state index in [0.717, 1.165) is 36.9 Å². The Labute approximate surface area is 120 Å². The van der Waals surface area contributed by atoms with Gasteiger partial charge in [-0.15, -0.1) is 0 Å². The Bertz CT molecular complexity index is 493. The third-order valence-corrected chi connectivity index (χ3v) is 4.09. The summed E-state index contributed by atoms with van der Waals surface area (Å²) in [6.45, 7) is 2.38. The van der Waals surface area contributed by atoms with E-state index >= 15 is 0 Å². The molecule has 0 bridgehead atoms. The van der Waals surface area contributed by atoms with E-state index in [1.165, 1.54) is 0 Å². The number of benzene rings is 1. The molecule has 0 aromatic heterocycles. The second-order valence-electron chi connectivity index (χ2n) is 5.89. The van der Waals surface area contributed by atoms with Crippen molar-refractivity contribution in [3.8, 4) is 0 Å². The number of amides is 1. The maximum Gasteiger partial charge on any atom is 0.255 e. The number of nitrogens with zero attached hydrogens (tertiary/aromatic N) is 1. The zero-order valence-corrected chi connectivity index (χ0v) is 12.6. The molecule has 2 N–H and O–H groups in total. The summed E-state index contributed by atoms with van der Waals surface area (Å²) in [7, 11) is 3.58. The Morgan fingerprint density at radius 2 is 2.05 bits per heavy atom. The summed E-state index contributed by atoms with van der Waals surface area (Å²) in [5.74, 6) is -0.0432. The van der Waals surface area contributed by atoms with Gasteiger partial charge in [0.15, 0.2) is 0 Å². The predicted octanol–water partition coefficient (Wildman–Crippen LogP) is 2.41. The minimum absolute atomic E-state index is 0.0432. The zero-order valence-electron chi connectivity index (χ0n) is 12.6. The third-order valence-electron chi connectivity index (χ3n) is 4.09. The number of anilines is 1.